The summed E-state index contributed by atoms with van der Waals surface area (Å²) in [4.78, 5) is 26.3. The van der Waals surface area contributed by atoms with E-state index in [9.17, 15) is 19.2 Å². The number of carbonyl (C=O) groups excluding carboxylic acids is 2. The van der Waals surface area contributed by atoms with E-state index in [1.54, 1.807) is 19.2 Å². The second kappa shape index (κ2) is 11.8. The molecule has 3 rings (SSSR count). The van der Waals surface area contributed by atoms with Crippen molar-refractivity contribution in [3.8, 4) is 17.5 Å². The van der Waals surface area contributed by atoms with E-state index in [2.05, 4.69) is 0 Å². The zero-order valence-corrected chi connectivity index (χ0v) is 20.7. The lowest BCUT2D eigenvalue weighted by Crippen LogP contribution is -2.31. The summed E-state index contributed by atoms with van der Waals surface area (Å²) in [6.45, 7) is 6.05. The molecule has 0 radical (unpaired) electrons. The van der Waals surface area contributed by atoms with Crippen molar-refractivity contribution in [3.05, 3.63) is 88.5 Å². The van der Waals surface area contributed by atoms with Gasteiger partial charge in [-0.15, -0.1) is 0 Å². The summed E-state index contributed by atoms with van der Waals surface area (Å²) in [5.41, 5.74) is 3.90. The van der Waals surface area contributed by atoms with Crippen molar-refractivity contribution >= 4 is 18.0 Å². The van der Waals surface area contributed by atoms with Crippen LogP contribution >= 0.6 is 0 Å². The van der Waals surface area contributed by atoms with Crippen LogP contribution in [0.2, 0.25) is 0 Å². The van der Waals surface area contributed by atoms with Crippen LogP contribution in [0.1, 0.15) is 29.4 Å². The number of amides is 1. The van der Waals surface area contributed by atoms with Gasteiger partial charge in [-0.05, 0) is 80.4 Å². The molecule has 0 N–H and O–H groups in total. The van der Waals surface area contributed by atoms with Gasteiger partial charge in [0.05, 0.1) is 6.61 Å². The zero-order valence-electron chi connectivity index (χ0n) is 20.7. The molecule has 0 bridgehead atoms. The van der Waals surface area contributed by atoms with Crippen molar-refractivity contribution in [1.29, 1.82) is 5.26 Å². The summed E-state index contributed by atoms with van der Waals surface area (Å²) in [6, 6.07) is 17.2. The number of rotatable bonds is 9. The van der Waals surface area contributed by atoms with Gasteiger partial charge in [0.1, 0.15) is 23.2 Å². The maximum absolute atomic E-state index is 13.1. The van der Waals surface area contributed by atoms with Gasteiger partial charge in [-0.3, -0.25) is 4.79 Å². The lowest BCUT2D eigenvalue weighted by atomic mass is 10.1. The highest BCUT2D eigenvalue weighted by molar-refractivity contribution is 5.99. The Morgan fingerprint density at radius 3 is 2.39 bits per heavy atom. The van der Waals surface area contributed by atoms with Crippen LogP contribution in [0, 0.1) is 31.0 Å². The molecule has 36 heavy (non-hydrogen) atoms. The average Bonchev–Trinajstić information content (AvgIpc) is 3.15. The Balaban J connectivity index is 1.68. The van der Waals surface area contributed by atoms with E-state index in [1.807, 2.05) is 61.7 Å². The normalized spacial score (nSPS) is 11.1. The first-order valence-corrected chi connectivity index (χ1v) is 11.4. The second-order valence-electron chi connectivity index (χ2n) is 8.21. The topological polar surface area (TPSA) is 84.6 Å². The number of nitriles is 1. The molecular formula is C28H28FN3O4. The predicted octanol–water partition coefficient (Wildman–Crippen LogP) is 4.74. The first-order chi connectivity index (χ1) is 17.2. The predicted molar refractivity (Wildman–Crippen MR) is 134 cm³/mol. The molecule has 0 atom stereocenters. The van der Waals surface area contributed by atoms with Crippen LogP contribution in [0.25, 0.3) is 11.8 Å². The van der Waals surface area contributed by atoms with Crippen LogP contribution < -0.4 is 4.74 Å². The molecule has 186 valence electrons. The fraction of sp³-hybridized carbons (Fsp3) is 0.250. The number of halogens is 1. The molecular weight excluding hydrogens is 461 g/mol. The largest absolute Gasteiger partial charge is 0.494 e. The number of hydrogen-bond acceptors (Lipinski definition) is 5. The van der Waals surface area contributed by atoms with Crippen molar-refractivity contribution in [2.75, 3.05) is 20.3 Å². The summed E-state index contributed by atoms with van der Waals surface area (Å²) in [6.07, 6.45) is 1.46. The van der Waals surface area contributed by atoms with Gasteiger partial charge in [0.2, 0.25) is 0 Å². The van der Waals surface area contributed by atoms with Crippen molar-refractivity contribution in [2.45, 2.75) is 27.3 Å². The number of likely N-dealkylation sites (N-methyl/N-ethyl adjacent to an activating group) is 1. The highest BCUT2D eigenvalue weighted by Gasteiger charge is 2.18. The quantitative estimate of drug-likeness (QED) is 0.246. The van der Waals surface area contributed by atoms with Crippen LogP contribution in [0.4, 0.5) is 4.39 Å². The third-order valence-electron chi connectivity index (χ3n) is 5.60. The maximum atomic E-state index is 13.1. The minimum Gasteiger partial charge on any atom is -0.494 e. The number of ether oxygens (including phenoxy) is 2. The van der Waals surface area contributed by atoms with Gasteiger partial charge in [-0.25, -0.2) is 9.18 Å². The molecule has 2 aromatic carbocycles. The summed E-state index contributed by atoms with van der Waals surface area (Å²) < 4.78 is 25.7. The van der Waals surface area contributed by atoms with E-state index in [1.165, 1.54) is 23.1 Å². The molecule has 0 aliphatic heterocycles. The van der Waals surface area contributed by atoms with Gasteiger partial charge in [-0.1, -0.05) is 12.1 Å². The van der Waals surface area contributed by atoms with Gasteiger partial charge >= 0.3 is 5.97 Å². The Bertz CT molecular complexity index is 1300. The Hall–Kier alpha value is -4.38. The van der Waals surface area contributed by atoms with Gasteiger partial charge < -0.3 is 18.9 Å². The zero-order chi connectivity index (χ0) is 26.2. The van der Waals surface area contributed by atoms with E-state index in [0.29, 0.717) is 12.2 Å². The van der Waals surface area contributed by atoms with E-state index in [-0.39, 0.29) is 17.9 Å². The number of nitrogens with zero attached hydrogens (tertiary/aromatic N) is 3. The van der Waals surface area contributed by atoms with Crippen LogP contribution in [0.5, 0.6) is 5.75 Å². The molecule has 0 unspecified atom stereocenters. The fourth-order valence-electron chi connectivity index (χ4n) is 3.75. The average molecular weight is 490 g/mol. The molecule has 0 aliphatic carbocycles. The highest BCUT2D eigenvalue weighted by atomic mass is 19.1. The summed E-state index contributed by atoms with van der Waals surface area (Å²) in [7, 11) is 1.55. The molecule has 7 nitrogen and oxygen atoms in total. The first-order valence-electron chi connectivity index (χ1n) is 11.4. The van der Waals surface area contributed by atoms with Crippen LogP contribution in [-0.2, 0) is 20.9 Å². The summed E-state index contributed by atoms with van der Waals surface area (Å²) >= 11 is 0. The Morgan fingerprint density at radius 2 is 1.78 bits per heavy atom. The van der Waals surface area contributed by atoms with E-state index >= 15 is 0 Å². The Morgan fingerprint density at radius 1 is 1.11 bits per heavy atom. The number of benzene rings is 2. The minimum absolute atomic E-state index is 0.212. The highest BCUT2D eigenvalue weighted by Crippen LogP contribution is 2.24. The molecule has 0 fully saturated rings. The third kappa shape index (κ3) is 6.39. The number of aromatic nitrogens is 1. The molecule has 0 saturated heterocycles. The van der Waals surface area contributed by atoms with Gasteiger partial charge in [0.25, 0.3) is 5.91 Å². The van der Waals surface area contributed by atoms with Gasteiger partial charge in [0, 0.05) is 30.7 Å². The monoisotopic (exact) mass is 489 g/mol. The fourth-order valence-corrected chi connectivity index (χ4v) is 3.75. The minimum atomic E-state index is -0.882. The van der Waals surface area contributed by atoms with E-state index in [0.717, 1.165) is 28.4 Å². The van der Waals surface area contributed by atoms with E-state index in [4.69, 9.17) is 9.47 Å². The smallest absolute Gasteiger partial charge is 0.349 e. The maximum Gasteiger partial charge on any atom is 0.349 e. The number of hydrogen-bond donors (Lipinski definition) is 0. The number of aryl methyl sites for hydroxylation is 1. The van der Waals surface area contributed by atoms with Gasteiger partial charge in [-0.2, -0.15) is 5.26 Å². The summed E-state index contributed by atoms with van der Waals surface area (Å²) in [5, 5.41) is 9.55. The molecule has 1 aromatic heterocycles. The number of carbonyl (C=O) groups is 2. The van der Waals surface area contributed by atoms with Crippen molar-refractivity contribution < 1.29 is 23.5 Å². The van der Waals surface area contributed by atoms with Crippen LogP contribution in [0.15, 0.2) is 60.2 Å². The van der Waals surface area contributed by atoms with Crippen LogP contribution in [-0.4, -0.2) is 41.6 Å². The van der Waals surface area contributed by atoms with Crippen molar-refractivity contribution in [1.82, 2.24) is 9.47 Å². The molecule has 0 spiro atoms. The Kier molecular flexibility index (Phi) is 8.63. The number of esters is 1. The van der Waals surface area contributed by atoms with E-state index < -0.39 is 18.5 Å². The summed E-state index contributed by atoms with van der Waals surface area (Å²) in [5.74, 6) is -0.917. The SMILES string of the molecule is CCOc1ccc(-n2c(C)cc(/C=C(\C#N)C(=O)OCC(=O)N(C)Cc3ccc(F)cc3)c2C)cc1. The molecule has 0 saturated carbocycles. The second-order valence-corrected chi connectivity index (χ2v) is 8.21. The van der Waals surface area contributed by atoms with Gasteiger partial charge in [0.15, 0.2) is 6.61 Å². The first kappa shape index (κ1) is 26.2. The van der Waals surface area contributed by atoms with Crippen molar-refractivity contribution in [3.63, 3.8) is 0 Å². The Labute approximate surface area is 210 Å². The molecule has 0 aliphatic rings. The molecule has 1 heterocycles. The van der Waals surface area contributed by atoms with Crippen molar-refractivity contribution in [2.24, 2.45) is 0 Å². The molecule has 1 amide bonds. The van der Waals surface area contributed by atoms with Crippen LogP contribution in [0.3, 0.4) is 0 Å². The molecule has 3 aromatic rings. The lowest BCUT2D eigenvalue weighted by Gasteiger charge is -2.17. The molecule has 8 heteroatoms. The third-order valence-corrected chi connectivity index (χ3v) is 5.60. The standard InChI is InChI=1S/C28H28FN3O4/c1-5-35-26-12-10-25(11-13-26)32-19(2)14-22(20(32)3)15-23(16-30)28(34)36-18-27(33)31(4)17-21-6-8-24(29)9-7-21/h6-15H,5,17-18H2,1-4H3/b23-15+. The lowest BCUT2D eigenvalue weighted by molar-refractivity contribution is -0.148.